The van der Waals surface area contributed by atoms with Crippen molar-refractivity contribution < 1.29 is 14.5 Å². The van der Waals surface area contributed by atoms with E-state index >= 15 is 0 Å². The first-order chi connectivity index (χ1) is 13.1. The predicted molar refractivity (Wildman–Crippen MR) is 103 cm³/mol. The third-order valence-electron chi connectivity index (χ3n) is 4.75. The van der Waals surface area contributed by atoms with Crippen LogP contribution >= 0.6 is 0 Å². The van der Waals surface area contributed by atoms with Crippen LogP contribution in [0.1, 0.15) is 40.4 Å². The second-order valence-electron chi connectivity index (χ2n) is 6.53. The first-order valence-corrected chi connectivity index (χ1v) is 9.00. The number of anilines is 1. The minimum Gasteiger partial charge on any atom is -0.383 e. The number of aryl methyl sites for hydroxylation is 1. The van der Waals surface area contributed by atoms with Crippen LogP contribution in [0.4, 0.5) is 11.4 Å². The van der Waals surface area contributed by atoms with Crippen molar-refractivity contribution in [3.63, 3.8) is 0 Å². The molecule has 0 saturated heterocycles. The number of ether oxygens (including phenoxy) is 1. The minimum absolute atomic E-state index is 0.0685. The van der Waals surface area contributed by atoms with Gasteiger partial charge in [-0.15, -0.1) is 0 Å². The van der Waals surface area contributed by atoms with Gasteiger partial charge in [0.15, 0.2) is 0 Å². The Balaban J connectivity index is 1.77. The molecular weight excluding hydrogens is 346 g/mol. The summed E-state index contributed by atoms with van der Waals surface area (Å²) in [5, 5.41) is 17.4. The molecule has 0 spiro atoms. The fraction of sp³-hybridized carbons (Fsp3) is 0.350. The van der Waals surface area contributed by atoms with Crippen molar-refractivity contribution in [3.05, 3.63) is 69.3 Å². The number of methoxy groups -OCH3 is 1. The van der Waals surface area contributed by atoms with Crippen LogP contribution in [0.2, 0.25) is 0 Å². The third kappa shape index (κ3) is 4.43. The minimum atomic E-state index is -0.484. The molecule has 0 aromatic heterocycles. The maximum Gasteiger partial charge on any atom is 0.293 e. The molecule has 1 amide bonds. The molecule has 0 radical (unpaired) electrons. The number of nitro benzene ring substituents is 1. The zero-order chi connectivity index (χ0) is 19.2. The Kier molecular flexibility index (Phi) is 6.03. The molecule has 27 heavy (non-hydrogen) atoms. The molecule has 1 atom stereocenters. The van der Waals surface area contributed by atoms with Gasteiger partial charge in [0, 0.05) is 25.3 Å². The molecule has 1 aliphatic carbocycles. The number of fused-ring (bicyclic) bond motifs is 1. The van der Waals surface area contributed by atoms with Crippen LogP contribution in [0.25, 0.3) is 0 Å². The third-order valence-corrected chi connectivity index (χ3v) is 4.75. The van der Waals surface area contributed by atoms with Crippen molar-refractivity contribution in [3.8, 4) is 0 Å². The molecule has 0 aliphatic heterocycles. The lowest BCUT2D eigenvalue weighted by atomic mass is 9.87. The number of hydrogen-bond acceptors (Lipinski definition) is 5. The van der Waals surface area contributed by atoms with Crippen LogP contribution in [0, 0.1) is 10.1 Å². The highest BCUT2D eigenvalue weighted by molar-refractivity contribution is 5.96. The Hall–Kier alpha value is -2.93. The van der Waals surface area contributed by atoms with Gasteiger partial charge >= 0.3 is 0 Å². The lowest BCUT2D eigenvalue weighted by Crippen LogP contribution is -2.31. The first kappa shape index (κ1) is 18.8. The largest absolute Gasteiger partial charge is 0.383 e. The van der Waals surface area contributed by atoms with Gasteiger partial charge in [0.05, 0.1) is 17.6 Å². The summed E-state index contributed by atoms with van der Waals surface area (Å²) in [6.07, 6.45) is 2.88. The molecule has 0 bridgehead atoms. The maximum absolute atomic E-state index is 12.7. The van der Waals surface area contributed by atoms with E-state index in [1.54, 1.807) is 19.2 Å². The number of amides is 1. The smallest absolute Gasteiger partial charge is 0.293 e. The Labute approximate surface area is 157 Å². The number of hydrogen-bond donors (Lipinski definition) is 2. The molecule has 2 N–H and O–H groups in total. The van der Waals surface area contributed by atoms with E-state index in [0.29, 0.717) is 18.8 Å². The Morgan fingerprint density at radius 3 is 2.89 bits per heavy atom. The Morgan fingerprint density at radius 1 is 1.30 bits per heavy atom. The summed E-state index contributed by atoms with van der Waals surface area (Å²) < 4.78 is 4.94. The summed E-state index contributed by atoms with van der Waals surface area (Å²) >= 11 is 0. The average Bonchev–Trinajstić information content (AvgIpc) is 2.68. The van der Waals surface area contributed by atoms with Gasteiger partial charge in [-0.2, -0.15) is 0 Å². The van der Waals surface area contributed by atoms with Gasteiger partial charge < -0.3 is 15.4 Å². The van der Waals surface area contributed by atoms with Crippen LogP contribution in [0.15, 0.2) is 42.5 Å². The van der Waals surface area contributed by atoms with E-state index in [4.69, 9.17) is 4.74 Å². The highest BCUT2D eigenvalue weighted by Gasteiger charge is 2.23. The molecule has 0 heterocycles. The number of carbonyl (C=O) groups excluding carboxylic acids is 1. The lowest BCUT2D eigenvalue weighted by Gasteiger charge is -2.26. The highest BCUT2D eigenvalue weighted by atomic mass is 16.6. The van der Waals surface area contributed by atoms with Gasteiger partial charge in [0.1, 0.15) is 5.69 Å². The van der Waals surface area contributed by atoms with E-state index < -0.39 is 4.92 Å². The summed E-state index contributed by atoms with van der Waals surface area (Å²) in [5.74, 6) is -0.303. The fourth-order valence-corrected chi connectivity index (χ4v) is 3.41. The molecule has 0 saturated carbocycles. The number of benzene rings is 2. The molecule has 0 unspecified atom stereocenters. The number of nitrogens with zero attached hydrogens (tertiary/aromatic N) is 1. The molecule has 1 aliphatic rings. The van der Waals surface area contributed by atoms with Gasteiger partial charge in [0.25, 0.3) is 11.6 Å². The summed E-state index contributed by atoms with van der Waals surface area (Å²) in [4.78, 5) is 23.6. The SMILES string of the molecule is COCCNc1ccc(C(=O)N[C@H]2CCCc3ccccc32)cc1[N+](=O)[O-]. The molecule has 7 heteroatoms. The first-order valence-electron chi connectivity index (χ1n) is 9.00. The van der Waals surface area contributed by atoms with Crippen molar-refractivity contribution in [2.75, 3.05) is 25.6 Å². The van der Waals surface area contributed by atoms with Crippen molar-refractivity contribution in [2.45, 2.75) is 25.3 Å². The van der Waals surface area contributed by atoms with Gasteiger partial charge in [-0.1, -0.05) is 24.3 Å². The van der Waals surface area contributed by atoms with Gasteiger partial charge in [0.2, 0.25) is 0 Å². The Bertz CT molecular complexity index is 838. The lowest BCUT2D eigenvalue weighted by molar-refractivity contribution is -0.384. The number of nitro groups is 1. The zero-order valence-electron chi connectivity index (χ0n) is 15.2. The van der Waals surface area contributed by atoms with Crippen molar-refractivity contribution >= 4 is 17.3 Å². The molecular formula is C20H23N3O4. The van der Waals surface area contributed by atoms with Crippen LogP contribution < -0.4 is 10.6 Å². The van der Waals surface area contributed by atoms with Gasteiger partial charge in [-0.25, -0.2) is 0 Å². The highest BCUT2D eigenvalue weighted by Crippen LogP contribution is 2.30. The monoisotopic (exact) mass is 369 g/mol. The van der Waals surface area contributed by atoms with Crippen LogP contribution in [0.3, 0.4) is 0 Å². The molecule has 2 aromatic carbocycles. The summed E-state index contributed by atoms with van der Waals surface area (Å²) in [7, 11) is 1.56. The van der Waals surface area contributed by atoms with Crippen LogP contribution in [-0.2, 0) is 11.2 Å². The second kappa shape index (κ2) is 8.64. The van der Waals surface area contributed by atoms with E-state index in [1.165, 1.54) is 11.6 Å². The van der Waals surface area contributed by atoms with E-state index in [2.05, 4.69) is 16.7 Å². The topological polar surface area (TPSA) is 93.5 Å². The summed E-state index contributed by atoms with van der Waals surface area (Å²) in [5.41, 5.74) is 2.91. The number of carbonyl (C=O) groups is 1. The second-order valence-corrected chi connectivity index (χ2v) is 6.53. The molecule has 7 nitrogen and oxygen atoms in total. The molecule has 142 valence electrons. The van der Waals surface area contributed by atoms with Crippen molar-refractivity contribution in [2.24, 2.45) is 0 Å². The van der Waals surface area contributed by atoms with Crippen LogP contribution in [0.5, 0.6) is 0 Å². The molecule has 0 fully saturated rings. The quantitative estimate of drug-likeness (QED) is 0.443. The summed E-state index contributed by atoms with van der Waals surface area (Å²) in [6.45, 7) is 0.877. The van der Waals surface area contributed by atoms with Crippen molar-refractivity contribution in [1.29, 1.82) is 0 Å². The van der Waals surface area contributed by atoms with Gasteiger partial charge in [-0.05, 0) is 42.5 Å². The Morgan fingerprint density at radius 2 is 2.11 bits per heavy atom. The predicted octanol–water partition coefficient (Wildman–Crippen LogP) is 3.46. The number of nitrogens with one attached hydrogen (secondary N) is 2. The molecule has 3 rings (SSSR count). The average molecular weight is 369 g/mol. The van der Waals surface area contributed by atoms with Crippen LogP contribution in [-0.4, -0.2) is 31.1 Å². The van der Waals surface area contributed by atoms with E-state index in [-0.39, 0.29) is 23.2 Å². The van der Waals surface area contributed by atoms with E-state index in [1.807, 2.05) is 18.2 Å². The fourth-order valence-electron chi connectivity index (χ4n) is 3.41. The molecule has 2 aromatic rings. The van der Waals surface area contributed by atoms with E-state index in [9.17, 15) is 14.9 Å². The standard InChI is InChI=1S/C20H23N3O4/c1-27-12-11-21-18-10-9-15(13-19(18)23(25)26)20(24)22-17-8-4-6-14-5-2-3-7-16(14)17/h2-3,5,7,9-10,13,17,21H,4,6,8,11-12H2,1H3,(H,22,24)/t17-/m0/s1. The maximum atomic E-state index is 12.7. The van der Waals surface area contributed by atoms with Gasteiger partial charge in [-0.3, -0.25) is 14.9 Å². The summed E-state index contributed by atoms with van der Waals surface area (Å²) in [6, 6.07) is 12.5. The van der Waals surface area contributed by atoms with Crippen molar-refractivity contribution in [1.82, 2.24) is 5.32 Å². The normalized spacial score (nSPS) is 15.7. The van der Waals surface area contributed by atoms with E-state index in [0.717, 1.165) is 24.8 Å². The zero-order valence-corrected chi connectivity index (χ0v) is 15.2. The number of rotatable bonds is 7.